The summed E-state index contributed by atoms with van der Waals surface area (Å²) < 4.78 is 36.5. The predicted octanol–water partition coefficient (Wildman–Crippen LogP) is 2.50. The minimum Gasteiger partial charge on any atom is -0.481 e. The van der Waals surface area contributed by atoms with E-state index in [9.17, 15) is 13.6 Å². The topological polar surface area (TPSA) is 35.5 Å². The van der Waals surface area contributed by atoms with Crippen LogP contribution >= 0.6 is 11.8 Å². The lowest BCUT2D eigenvalue weighted by atomic mass is 10.2. The first-order valence-electron chi connectivity index (χ1n) is 5.31. The molecule has 102 valence electrons. The van der Waals surface area contributed by atoms with Gasteiger partial charge in [0.05, 0.1) is 0 Å². The monoisotopic (exact) mass is 286 g/mol. The lowest BCUT2D eigenvalue weighted by Gasteiger charge is -2.08. The van der Waals surface area contributed by atoms with Gasteiger partial charge in [0.1, 0.15) is 24.5 Å². The molecule has 0 N–H and O–H groups in total. The fourth-order valence-electron chi connectivity index (χ4n) is 1.22. The van der Waals surface area contributed by atoms with Gasteiger partial charge in [0.15, 0.2) is 11.6 Å². The van der Waals surface area contributed by atoms with Gasteiger partial charge in [-0.05, 0) is 12.3 Å². The summed E-state index contributed by atoms with van der Waals surface area (Å²) in [7, 11) is 0. The first-order valence-corrected chi connectivity index (χ1v) is 6.71. The molecule has 0 aliphatic carbocycles. The van der Waals surface area contributed by atoms with Gasteiger partial charge in [-0.25, -0.2) is 13.6 Å². The molecule has 0 aromatic heterocycles. The number of thioether (sulfide) groups is 1. The van der Waals surface area contributed by atoms with E-state index in [-0.39, 0.29) is 19.0 Å². The number of ether oxygens (including phenoxy) is 2. The standard InChI is InChI=1S/C13H12F2O3S/c1-3-4-17-9-7-10(12(15)11(14)8-9)13(16)18-5-6-19-2/h1,7-8H,4-6H2,2H3. The molecule has 3 nitrogen and oxygen atoms in total. The quantitative estimate of drug-likeness (QED) is 0.457. The second-order valence-electron chi connectivity index (χ2n) is 3.39. The maximum absolute atomic E-state index is 13.5. The van der Waals surface area contributed by atoms with Crippen LogP contribution in [0.3, 0.4) is 0 Å². The summed E-state index contributed by atoms with van der Waals surface area (Å²) in [6, 6.07) is 1.89. The van der Waals surface area contributed by atoms with Gasteiger partial charge in [0.2, 0.25) is 0 Å². The first-order chi connectivity index (χ1) is 9.10. The average Bonchev–Trinajstić information content (AvgIpc) is 2.40. The highest BCUT2D eigenvalue weighted by molar-refractivity contribution is 7.98. The van der Waals surface area contributed by atoms with Crippen LogP contribution in [0, 0.1) is 24.0 Å². The maximum atomic E-state index is 13.5. The third-order valence-electron chi connectivity index (χ3n) is 2.06. The van der Waals surface area contributed by atoms with Gasteiger partial charge in [-0.3, -0.25) is 0 Å². The van der Waals surface area contributed by atoms with Crippen LogP contribution in [0.1, 0.15) is 10.4 Å². The van der Waals surface area contributed by atoms with Crippen LogP contribution in [0.25, 0.3) is 0 Å². The van der Waals surface area contributed by atoms with Crippen LogP contribution in [-0.2, 0) is 4.74 Å². The van der Waals surface area contributed by atoms with Crippen molar-refractivity contribution in [3.05, 3.63) is 29.3 Å². The van der Waals surface area contributed by atoms with Gasteiger partial charge in [-0.2, -0.15) is 11.8 Å². The van der Waals surface area contributed by atoms with E-state index in [1.807, 2.05) is 6.26 Å². The lowest BCUT2D eigenvalue weighted by molar-refractivity contribution is 0.0523. The molecule has 0 unspecified atom stereocenters. The Bertz CT molecular complexity index is 497. The van der Waals surface area contributed by atoms with Gasteiger partial charge in [-0.15, -0.1) is 6.42 Å². The molecule has 0 heterocycles. The van der Waals surface area contributed by atoms with Crippen molar-refractivity contribution in [2.45, 2.75) is 0 Å². The largest absolute Gasteiger partial charge is 0.481 e. The molecule has 0 atom stereocenters. The highest BCUT2D eigenvalue weighted by Crippen LogP contribution is 2.21. The van der Waals surface area contributed by atoms with Crippen molar-refractivity contribution in [1.82, 2.24) is 0 Å². The average molecular weight is 286 g/mol. The Labute approximate surface area is 114 Å². The summed E-state index contributed by atoms with van der Waals surface area (Å²) in [5.41, 5.74) is -0.506. The molecule has 0 amide bonds. The third kappa shape index (κ3) is 4.45. The van der Waals surface area contributed by atoms with Crippen molar-refractivity contribution < 1.29 is 23.0 Å². The summed E-state index contributed by atoms with van der Waals surface area (Å²) in [5.74, 6) is -0.648. The lowest BCUT2D eigenvalue weighted by Crippen LogP contribution is -2.11. The Kier molecular flexibility index (Phi) is 6.16. The second kappa shape index (κ2) is 7.64. The van der Waals surface area contributed by atoms with Gasteiger partial charge in [-0.1, -0.05) is 5.92 Å². The molecule has 0 saturated carbocycles. The van der Waals surface area contributed by atoms with Crippen molar-refractivity contribution >= 4 is 17.7 Å². The molecule has 0 radical (unpaired) electrons. The number of halogens is 2. The molecule has 0 bridgehead atoms. The summed E-state index contributed by atoms with van der Waals surface area (Å²) in [5, 5.41) is 0. The van der Waals surface area contributed by atoms with Crippen molar-refractivity contribution in [3.8, 4) is 18.1 Å². The molecular formula is C13H12F2O3S. The molecule has 6 heteroatoms. The van der Waals surface area contributed by atoms with E-state index in [1.54, 1.807) is 0 Å². The number of rotatable bonds is 6. The van der Waals surface area contributed by atoms with E-state index in [4.69, 9.17) is 15.9 Å². The summed E-state index contributed by atoms with van der Waals surface area (Å²) in [6.07, 6.45) is 6.82. The number of terminal acetylenes is 1. The smallest absolute Gasteiger partial charge is 0.341 e. The summed E-state index contributed by atoms with van der Waals surface area (Å²) in [6.45, 7) is 0.0164. The van der Waals surface area contributed by atoms with Crippen molar-refractivity contribution in [1.29, 1.82) is 0 Å². The Morgan fingerprint density at radius 3 is 2.84 bits per heavy atom. The van der Waals surface area contributed by atoms with E-state index in [2.05, 4.69) is 5.92 Å². The van der Waals surface area contributed by atoms with Gasteiger partial charge < -0.3 is 9.47 Å². The number of carbonyl (C=O) groups is 1. The van der Waals surface area contributed by atoms with Crippen LogP contribution in [0.5, 0.6) is 5.75 Å². The molecular weight excluding hydrogens is 274 g/mol. The zero-order chi connectivity index (χ0) is 14.3. The van der Waals surface area contributed by atoms with Crippen LogP contribution in [-0.4, -0.2) is 31.2 Å². The van der Waals surface area contributed by atoms with Gasteiger partial charge >= 0.3 is 5.97 Å². The fourth-order valence-corrected chi connectivity index (χ4v) is 1.47. The summed E-state index contributed by atoms with van der Waals surface area (Å²) >= 11 is 1.47. The molecule has 1 rings (SSSR count). The number of hydrogen-bond donors (Lipinski definition) is 0. The van der Waals surface area contributed by atoms with Gasteiger partial charge in [0, 0.05) is 11.8 Å². The van der Waals surface area contributed by atoms with E-state index >= 15 is 0 Å². The Morgan fingerprint density at radius 2 is 2.21 bits per heavy atom. The molecule has 1 aromatic carbocycles. The molecule has 0 saturated heterocycles. The molecule has 0 aliphatic heterocycles. The molecule has 0 aliphatic rings. The summed E-state index contributed by atoms with van der Waals surface area (Å²) in [4.78, 5) is 11.6. The number of carbonyl (C=O) groups excluding carboxylic acids is 1. The number of esters is 1. The first kappa shape index (κ1) is 15.3. The Hall–Kier alpha value is -1.74. The normalized spacial score (nSPS) is 9.79. The molecule has 0 fully saturated rings. The maximum Gasteiger partial charge on any atom is 0.341 e. The molecule has 0 spiro atoms. The minimum atomic E-state index is -1.26. The van der Waals surface area contributed by atoms with Gasteiger partial charge in [0.25, 0.3) is 0 Å². The molecule has 19 heavy (non-hydrogen) atoms. The van der Waals surface area contributed by atoms with Crippen LogP contribution < -0.4 is 4.74 Å². The van der Waals surface area contributed by atoms with Crippen LogP contribution in [0.4, 0.5) is 8.78 Å². The van der Waals surface area contributed by atoms with E-state index in [0.29, 0.717) is 5.75 Å². The second-order valence-corrected chi connectivity index (χ2v) is 4.37. The zero-order valence-electron chi connectivity index (χ0n) is 10.2. The third-order valence-corrected chi connectivity index (χ3v) is 2.64. The van der Waals surface area contributed by atoms with Crippen molar-refractivity contribution in [2.75, 3.05) is 25.2 Å². The highest BCUT2D eigenvalue weighted by atomic mass is 32.2. The van der Waals surface area contributed by atoms with Crippen LogP contribution in [0.2, 0.25) is 0 Å². The van der Waals surface area contributed by atoms with Crippen LogP contribution in [0.15, 0.2) is 12.1 Å². The van der Waals surface area contributed by atoms with E-state index in [0.717, 1.165) is 12.1 Å². The van der Waals surface area contributed by atoms with Crippen molar-refractivity contribution in [2.24, 2.45) is 0 Å². The predicted molar refractivity (Wildman–Crippen MR) is 69.4 cm³/mol. The Morgan fingerprint density at radius 1 is 1.47 bits per heavy atom. The van der Waals surface area contributed by atoms with E-state index < -0.39 is 23.2 Å². The minimum absolute atomic E-state index is 0.0198. The fraction of sp³-hybridized carbons (Fsp3) is 0.308. The number of benzene rings is 1. The highest BCUT2D eigenvalue weighted by Gasteiger charge is 2.19. The van der Waals surface area contributed by atoms with Crippen molar-refractivity contribution in [3.63, 3.8) is 0 Å². The number of hydrogen-bond acceptors (Lipinski definition) is 4. The molecule has 1 aromatic rings. The SMILES string of the molecule is C#CCOc1cc(F)c(F)c(C(=O)OCCSC)c1. The Balaban J connectivity index is 2.89. The zero-order valence-corrected chi connectivity index (χ0v) is 11.1. The van der Waals surface area contributed by atoms with E-state index in [1.165, 1.54) is 11.8 Å².